The molecule has 0 saturated carbocycles. The Bertz CT molecular complexity index is 1450. The minimum absolute atomic E-state index is 0.0175. The zero-order chi connectivity index (χ0) is 21.4. The molecule has 0 spiro atoms. The molecule has 0 aliphatic heterocycles. The van der Waals surface area contributed by atoms with Crippen LogP contribution < -0.4 is 0 Å². The standard InChI is InChI=1S/C24H19N5O2/c1-15-11-12-20-19(13-15)25-23(16-7-3-2-4-8-16)29(20)14-21(30)27-28-22-17-9-5-6-10-18(17)26-24(22)31/h2-13,26,31H,14H2,1H3. The summed E-state index contributed by atoms with van der Waals surface area (Å²) in [6.45, 7) is 1.99. The molecule has 0 aliphatic carbocycles. The molecule has 7 heteroatoms. The quantitative estimate of drug-likeness (QED) is 0.383. The number of nitrogens with zero attached hydrogens (tertiary/aromatic N) is 4. The molecule has 2 aromatic heterocycles. The molecule has 2 N–H and O–H groups in total. The lowest BCUT2D eigenvalue weighted by Gasteiger charge is -2.06. The van der Waals surface area contributed by atoms with Crippen LogP contribution in [0.2, 0.25) is 0 Å². The van der Waals surface area contributed by atoms with Crippen LogP contribution in [0, 0.1) is 6.92 Å². The van der Waals surface area contributed by atoms with Crippen LogP contribution in [-0.4, -0.2) is 25.5 Å². The molecule has 0 saturated heterocycles. The third-order valence-corrected chi connectivity index (χ3v) is 5.15. The summed E-state index contributed by atoms with van der Waals surface area (Å²) < 4.78 is 1.85. The highest BCUT2D eigenvalue weighted by molar-refractivity contribution is 5.94. The highest BCUT2D eigenvalue weighted by atomic mass is 16.3. The molecule has 5 aromatic rings. The number of amides is 1. The van der Waals surface area contributed by atoms with Crippen molar-refractivity contribution in [1.82, 2.24) is 14.5 Å². The number of rotatable bonds is 4. The second kappa shape index (κ2) is 7.53. The number of aryl methyl sites for hydroxylation is 1. The second-order valence-corrected chi connectivity index (χ2v) is 7.34. The predicted octanol–water partition coefficient (Wildman–Crippen LogP) is 5.51. The number of carbonyl (C=O) groups is 1. The third-order valence-electron chi connectivity index (χ3n) is 5.15. The van der Waals surface area contributed by atoms with Crippen molar-refractivity contribution >= 4 is 33.5 Å². The fourth-order valence-corrected chi connectivity index (χ4v) is 3.69. The summed E-state index contributed by atoms with van der Waals surface area (Å²) in [5.74, 6) is 0.132. The lowest BCUT2D eigenvalue weighted by Crippen LogP contribution is -2.08. The first-order valence-corrected chi connectivity index (χ1v) is 9.87. The van der Waals surface area contributed by atoms with Gasteiger partial charge in [0.2, 0.25) is 5.88 Å². The average Bonchev–Trinajstić information content (AvgIpc) is 3.29. The van der Waals surface area contributed by atoms with Crippen molar-refractivity contribution in [3.05, 3.63) is 78.4 Å². The van der Waals surface area contributed by atoms with Crippen LogP contribution in [0.5, 0.6) is 5.88 Å². The number of carbonyl (C=O) groups excluding carboxylic acids is 1. The number of para-hydroxylation sites is 1. The number of hydrogen-bond acceptors (Lipinski definition) is 4. The molecule has 7 nitrogen and oxygen atoms in total. The van der Waals surface area contributed by atoms with E-state index in [9.17, 15) is 9.90 Å². The minimum atomic E-state index is -0.443. The molecule has 3 aromatic carbocycles. The van der Waals surface area contributed by atoms with E-state index < -0.39 is 5.91 Å². The SMILES string of the molecule is Cc1ccc2c(c1)nc(-c1ccccc1)n2CC(=O)N=Nc1c(O)[nH]c2ccccc12. The van der Waals surface area contributed by atoms with Crippen LogP contribution in [0.15, 0.2) is 83.0 Å². The van der Waals surface area contributed by atoms with E-state index in [0.29, 0.717) is 11.2 Å². The summed E-state index contributed by atoms with van der Waals surface area (Å²) >= 11 is 0. The molecule has 1 amide bonds. The number of aromatic nitrogens is 3. The maximum absolute atomic E-state index is 12.7. The lowest BCUT2D eigenvalue weighted by atomic mass is 10.2. The topological polar surface area (TPSA) is 95.6 Å². The van der Waals surface area contributed by atoms with Gasteiger partial charge in [0.25, 0.3) is 5.91 Å². The summed E-state index contributed by atoms with van der Waals surface area (Å²) in [5, 5.41) is 18.7. The molecule has 0 unspecified atom stereocenters. The van der Waals surface area contributed by atoms with Crippen molar-refractivity contribution in [1.29, 1.82) is 0 Å². The lowest BCUT2D eigenvalue weighted by molar-refractivity contribution is -0.118. The Kier molecular flexibility index (Phi) is 4.55. The molecule has 0 fully saturated rings. The molecule has 0 atom stereocenters. The van der Waals surface area contributed by atoms with Crippen molar-refractivity contribution in [3.63, 3.8) is 0 Å². The highest BCUT2D eigenvalue weighted by Gasteiger charge is 2.16. The van der Waals surface area contributed by atoms with Gasteiger partial charge >= 0.3 is 0 Å². The van der Waals surface area contributed by atoms with Crippen LogP contribution in [0.25, 0.3) is 33.3 Å². The van der Waals surface area contributed by atoms with Crippen molar-refractivity contribution in [2.75, 3.05) is 0 Å². The number of azo groups is 1. The summed E-state index contributed by atoms with van der Waals surface area (Å²) in [7, 11) is 0. The number of nitrogens with one attached hydrogen (secondary N) is 1. The Labute approximate surface area is 177 Å². The van der Waals surface area contributed by atoms with Gasteiger partial charge in [-0.15, -0.1) is 10.2 Å². The first kappa shape index (κ1) is 18.7. The Morgan fingerprint density at radius 2 is 1.84 bits per heavy atom. The number of imidazole rings is 1. The predicted molar refractivity (Wildman–Crippen MR) is 119 cm³/mol. The molecule has 5 rings (SSSR count). The van der Waals surface area contributed by atoms with Gasteiger partial charge in [-0.25, -0.2) is 4.98 Å². The molecular weight excluding hydrogens is 390 g/mol. The zero-order valence-electron chi connectivity index (χ0n) is 16.8. The summed E-state index contributed by atoms with van der Waals surface area (Å²) in [4.78, 5) is 20.3. The third kappa shape index (κ3) is 3.46. The largest absolute Gasteiger partial charge is 0.493 e. The van der Waals surface area contributed by atoms with Crippen molar-refractivity contribution < 1.29 is 9.90 Å². The number of benzene rings is 3. The Balaban J connectivity index is 1.52. The van der Waals surface area contributed by atoms with Gasteiger partial charge in [-0.3, -0.25) is 4.79 Å². The van der Waals surface area contributed by atoms with Crippen LogP contribution in [0.3, 0.4) is 0 Å². The molecule has 152 valence electrons. The maximum atomic E-state index is 12.7. The monoisotopic (exact) mass is 409 g/mol. The summed E-state index contributed by atoms with van der Waals surface area (Å²) in [6, 6.07) is 23.0. The van der Waals surface area contributed by atoms with E-state index in [1.165, 1.54) is 0 Å². The van der Waals surface area contributed by atoms with Gasteiger partial charge in [0.15, 0.2) is 5.69 Å². The molecule has 0 bridgehead atoms. The van der Waals surface area contributed by atoms with Crippen LogP contribution >= 0.6 is 0 Å². The summed E-state index contributed by atoms with van der Waals surface area (Å²) in [5.41, 5.74) is 4.65. The van der Waals surface area contributed by atoms with E-state index in [2.05, 4.69) is 15.2 Å². The van der Waals surface area contributed by atoms with Gasteiger partial charge in [-0.05, 0) is 30.7 Å². The van der Waals surface area contributed by atoms with E-state index in [-0.39, 0.29) is 18.1 Å². The zero-order valence-corrected chi connectivity index (χ0v) is 16.8. The second-order valence-electron chi connectivity index (χ2n) is 7.34. The summed E-state index contributed by atoms with van der Waals surface area (Å²) in [6.07, 6.45) is 0. The van der Waals surface area contributed by atoms with Crippen molar-refractivity contribution in [3.8, 4) is 17.3 Å². The van der Waals surface area contributed by atoms with Crippen molar-refractivity contribution in [2.45, 2.75) is 13.5 Å². The number of fused-ring (bicyclic) bond motifs is 2. The average molecular weight is 409 g/mol. The van der Waals surface area contributed by atoms with Gasteiger partial charge in [0.05, 0.1) is 16.6 Å². The minimum Gasteiger partial charge on any atom is -0.493 e. The molecule has 0 radical (unpaired) electrons. The van der Waals surface area contributed by atoms with Gasteiger partial charge in [0, 0.05) is 10.9 Å². The fourth-order valence-electron chi connectivity index (χ4n) is 3.69. The van der Waals surface area contributed by atoms with E-state index >= 15 is 0 Å². The van der Waals surface area contributed by atoms with E-state index in [1.54, 1.807) is 0 Å². The fraction of sp³-hybridized carbons (Fsp3) is 0.0833. The molecule has 0 aliphatic rings. The number of H-pyrrole nitrogens is 1. The van der Waals surface area contributed by atoms with Crippen molar-refractivity contribution in [2.24, 2.45) is 10.2 Å². The Hall–Kier alpha value is -4.26. The molecular formula is C24H19N5O2. The Morgan fingerprint density at radius 1 is 1.06 bits per heavy atom. The molecule has 31 heavy (non-hydrogen) atoms. The number of aromatic hydroxyl groups is 1. The van der Waals surface area contributed by atoms with Gasteiger partial charge in [-0.2, -0.15) is 0 Å². The smallest absolute Gasteiger partial charge is 0.284 e. The Morgan fingerprint density at radius 3 is 2.68 bits per heavy atom. The van der Waals surface area contributed by atoms with E-state index in [0.717, 1.165) is 27.7 Å². The van der Waals surface area contributed by atoms with Crippen LogP contribution in [0.1, 0.15) is 5.56 Å². The van der Waals surface area contributed by atoms with Crippen LogP contribution in [-0.2, 0) is 11.3 Å². The van der Waals surface area contributed by atoms with Gasteiger partial charge in [0.1, 0.15) is 12.4 Å². The van der Waals surface area contributed by atoms with Crippen LogP contribution in [0.4, 0.5) is 5.69 Å². The normalized spacial score (nSPS) is 11.6. The maximum Gasteiger partial charge on any atom is 0.284 e. The highest BCUT2D eigenvalue weighted by Crippen LogP contribution is 2.35. The number of aromatic amines is 1. The first-order chi connectivity index (χ1) is 15.1. The van der Waals surface area contributed by atoms with E-state index in [1.807, 2.05) is 84.3 Å². The van der Waals surface area contributed by atoms with Gasteiger partial charge < -0.3 is 14.7 Å². The van der Waals surface area contributed by atoms with E-state index in [4.69, 9.17) is 4.98 Å². The molecule has 2 heterocycles. The first-order valence-electron chi connectivity index (χ1n) is 9.87. The van der Waals surface area contributed by atoms with Gasteiger partial charge in [-0.1, -0.05) is 54.6 Å². The number of hydrogen-bond donors (Lipinski definition) is 2.